The SMILES string of the molecule is CC(C)n1cc(C(=O)N2CCN(C(=O)c3ccc4c(c3)OCO4)CC2)cn1. The van der Waals surface area contributed by atoms with E-state index in [4.69, 9.17) is 9.47 Å². The Labute approximate surface area is 157 Å². The van der Waals surface area contributed by atoms with E-state index in [1.54, 1.807) is 45.1 Å². The molecule has 1 fully saturated rings. The monoisotopic (exact) mass is 370 g/mol. The van der Waals surface area contributed by atoms with E-state index < -0.39 is 0 Å². The molecule has 8 heteroatoms. The van der Waals surface area contributed by atoms with E-state index in [1.165, 1.54) is 0 Å². The Morgan fingerprint density at radius 1 is 0.963 bits per heavy atom. The van der Waals surface area contributed by atoms with Gasteiger partial charge in [-0.2, -0.15) is 5.10 Å². The van der Waals surface area contributed by atoms with Crippen LogP contribution in [0.3, 0.4) is 0 Å². The van der Waals surface area contributed by atoms with E-state index in [1.807, 2.05) is 13.8 Å². The van der Waals surface area contributed by atoms with Gasteiger partial charge >= 0.3 is 0 Å². The molecule has 0 bridgehead atoms. The van der Waals surface area contributed by atoms with Crippen molar-refractivity contribution in [2.45, 2.75) is 19.9 Å². The number of hydrogen-bond donors (Lipinski definition) is 0. The van der Waals surface area contributed by atoms with Crippen LogP contribution in [0.15, 0.2) is 30.6 Å². The summed E-state index contributed by atoms with van der Waals surface area (Å²) < 4.78 is 12.4. The zero-order valence-corrected chi connectivity index (χ0v) is 15.4. The Morgan fingerprint density at radius 2 is 1.59 bits per heavy atom. The van der Waals surface area contributed by atoms with Gasteiger partial charge in [0.2, 0.25) is 6.79 Å². The molecule has 3 heterocycles. The van der Waals surface area contributed by atoms with Crippen LogP contribution in [0.2, 0.25) is 0 Å². The van der Waals surface area contributed by atoms with Gasteiger partial charge in [0.1, 0.15) is 0 Å². The van der Waals surface area contributed by atoms with Gasteiger partial charge in [0.25, 0.3) is 11.8 Å². The topological polar surface area (TPSA) is 76.9 Å². The molecule has 8 nitrogen and oxygen atoms in total. The third-order valence-corrected chi connectivity index (χ3v) is 4.85. The molecule has 0 saturated carbocycles. The van der Waals surface area contributed by atoms with Crippen LogP contribution in [0.4, 0.5) is 0 Å². The van der Waals surface area contributed by atoms with Gasteiger partial charge in [0.05, 0.1) is 11.8 Å². The molecule has 1 aromatic carbocycles. The lowest BCUT2D eigenvalue weighted by atomic mass is 10.1. The predicted octanol–water partition coefficient (Wildman–Crippen LogP) is 1.79. The molecule has 0 atom stereocenters. The normalized spacial score (nSPS) is 16.1. The quantitative estimate of drug-likeness (QED) is 0.823. The average molecular weight is 370 g/mol. The van der Waals surface area contributed by atoms with Crippen LogP contribution in [-0.2, 0) is 0 Å². The van der Waals surface area contributed by atoms with Gasteiger partial charge < -0.3 is 19.3 Å². The van der Waals surface area contributed by atoms with Crippen molar-refractivity contribution in [2.75, 3.05) is 33.0 Å². The van der Waals surface area contributed by atoms with Crippen molar-refractivity contribution in [3.05, 3.63) is 41.7 Å². The van der Waals surface area contributed by atoms with Gasteiger partial charge in [-0.25, -0.2) is 0 Å². The largest absolute Gasteiger partial charge is 0.454 e. The number of benzene rings is 1. The Balaban J connectivity index is 1.38. The third kappa shape index (κ3) is 3.34. The summed E-state index contributed by atoms with van der Waals surface area (Å²) >= 11 is 0. The number of ether oxygens (including phenoxy) is 2. The van der Waals surface area contributed by atoms with Crippen molar-refractivity contribution in [1.82, 2.24) is 19.6 Å². The maximum absolute atomic E-state index is 12.7. The lowest BCUT2D eigenvalue weighted by Gasteiger charge is -2.34. The van der Waals surface area contributed by atoms with Gasteiger partial charge in [0.15, 0.2) is 11.5 Å². The fraction of sp³-hybridized carbons (Fsp3) is 0.421. The molecule has 27 heavy (non-hydrogen) atoms. The number of nitrogens with zero attached hydrogens (tertiary/aromatic N) is 4. The molecular weight excluding hydrogens is 348 g/mol. The summed E-state index contributed by atoms with van der Waals surface area (Å²) in [4.78, 5) is 28.9. The molecule has 142 valence electrons. The Bertz CT molecular complexity index is 868. The van der Waals surface area contributed by atoms with Crippen molar-refractivity contribution < 1.29 is 19.1 Å². The Hall–Kier alpha value is -3.03. The fourth-order valence-corrected chi connectivity index (χ4v) is 3.24. The summed E-state index contributed by atoms with van der Waals surface area (Å²) in [5.74, 6) is 1.14. The predicted molar refractivity (Wildman–Crippen MR) is 97.0 cm³/mol. The van der Waals surface area contributed by atoms with Crippen molar-refractivity contribution in [3.63, 3.8) is 0 Å². The fourth-order valence-electron chi connectivity index (χ4n) is 3.24. The summed E-state index contributed by atoms with van der Waals surface area (Å²) in [7, 11) is 0. The van der Waals surface area contributed by atoms with Gasteiger partial charge in [-0.15, -0.1) is 0 Å². The first-order valence-electron chi connectivity index (χ1n) is 9.05. The molecule has 2 aliphatic heterocycles. The Morgan fingerprint density at radius 3 is 2.22 bits per heavy atom. The summed E-state index contributed by atoms with van der Waals surface area (Å²) in [5, 5.41) is 4.23. The maximum atomic E-state index is 12.7. The highest BCUT2D eigenvalue weighted by molar-refractivity contribution is 5.96. The molecule has 4 rings (SSSR count). The molecule has 0 unspecified atom stereocenters. The Kier molecular flexibility index (Phi) is 4.47. The second kappa shape index (κ2) is 6.94. The van der Waals surface area contributed by atoms with Crippen LogP contribution in [0.25, 0.3) is 0 Å². The molecule has 0 aliphatic carbocycles. The first-order valence-corrected chi connectivity index (χ1v) is 9.05. The number of hydrogen-bond acceptors (Lipinski definition) is 5. The van der Waals surface area contributed by atoms with Crippen molar-refractivity contribution >= 4 is 11.8 Å². The number of carbonyl (C=O) groups excluding carboxylic acids is 2. The maximum Gasteiger partial charge on any atom is 0.257 e. The van der Waals surface area contributed by atoms with Gasteiger partial charge in [-0.3, -0.25) is 14.3 Å². The number of rotatable bonds is 3. The molecule has 0 N–H and O–H groups in total. The van der Waals surface area contributed by atoms with E-state index in [0.717, 1.165) is 0 Å². The zero-order chi connectivity index (χ0) is 19.0. The molecule has 0 spiro atoms. The number of amides is 2. The lowest BCUT2D eigenvalue weighted by molar-refractivity contribution is 0.0535. The van der Waals surface area contributed by atoms with Crippen LogP contribution in [-0.4, -0.2) is 64.4 Å². The van der Waals surface area contributed by atoms with Crippen LogP contribution < -0.4 is 9.47 Å². The summed E-state index contributed by atoms with van der Waals surface area (Å²) in [5.41, 5.74) is 1.15. The summed E-state index contributed by atoms with van der Waals surface area (Å²) in [6.45, 7) is 6.21. The zero-order valence-electron chi connectivity index (χ0n) is 15.4. The van der Waals surface area contributed by atoms with Crippen molar-refractivity contribution in [2.24, 2.45) is 0 Å². The first-order chi connectivity index (χ1) is 13.0. The third-order valence-electron chi connectivity index (χ3n) is 4.85. The minimum Gasteiger partial charge on any atom is -0.454 e. The molecule has 1 aromatic heterocycles. The second-order valence-electron chi connectivity index (χ2n) is 6.96. The average Bonchev–Trinajstić information content (AvgIpc) is 3.36. The minimum absolute atomic E-state index is 0.0444. The van der Waals surface area contributed by atoms with Gasteiger partial charge in [0, 0.05) is 44.0 Å². The molecule has 2 aliphatic rings. The minimum atomic E-state index is -0.0620. The number of piperazine rings is 1. The number of carbonyl (C=O) groups is 2. The van der Waals surface area contributed by atoms with Gasteiger partial charge in [-0.05, 0) is 32.0 Å². The highest BCUT2D eigenvalue weighted by atomic mass is 16.7. The van der Waals surface area contributed by atoms with Crippen molar-refractivity contribution in [3.8, 4) is 11.5 Å². The highest BCUT2D eigenvalue weighted by Crippen LogP contribution is 2.32. The van der Waals surface area contributed by atoms with Gasteiger partial charge in [-0.1, -0.05) is 0 Å². The van der Waals surface area contributed by atoms with Crippen LogP contribution in [0, 0.1) is 0 Å². The molecule has 2 aromatic rings. The van der Waals surface area contributed by atoms with Crippen LogP contribution in [0.1, 0.15) is 40.6 Å². The van der Waals surface area contributed by atoms with E-state index in [-0.39, 0.29) is 24.6 Å². The van der Waals surface area contributed by atoms with E-state index in [0.29, 0.717) is 48.8 Å². The molecule has 2 amide bonds. The summed E-state index contributed by atoms with van der Waals surface area (Å²) in [6.07, 6.45) is 3.38. The van der Waals surface area contributed by atoms with Crippen LogP contribution >= 0.6 is 0 Å². The van der Waals surface area contributed by atoms with Crippen molar-refractivity contribution in [1.29, 1.82) is 0 Å². The van der Waals surface area contributed by atoms with E-state index >= 15 is 0 Å². The van der Waals surface area contributed by atoms with E-state index in [9.17, 15) is 9.59 Å². The number of fused-ring (bicyclic) bond motifs is 1. The summed E-state index contributed by atoms with van der Waals surface area (Å²) in [6, 6.07) is 5.42. The molecular formula is C19H22N4O4. The van der Waals surface area contributed by atoms with E-state index in [2.05, 4.69) is 5.10 Å². The second-order valence-corrected chi connectivity index (χ2v) is 6.96. The lowest BCUT2D eigenvalue weighted by Crippen LogP contribution is -2.50. The number of aromatic nitrogens is 2. The van der Waals surface area contributed by atoms with Crippen LogP contribution in [0.5, 0.6) is 11.5 Å². The molecule has 0 radical (unpaired) electrons. The molecule has 1 saturated heterocycles. The smallest absolute Gasteiger partial charge is 0.257 e. The highest BCUT2D eigenvalue weighted by Gasteiger charge is 2.27. The standard InChI is InChI=1S/C19H22N4O4/c1-13(2)23-11-15(10-20-23)19(25)22-7-5-21(6-8-22)18(24)14-3-4-16-17(9-14)27-12-26-16/h3-4,9-11,13H,5-8,12H2,1-2H3. The first kappa shape index (κ1) is 17.4.